The standard InChI is InChI=1S/C15H26N4O3S2/c1-6-10(4)12(13(21)22-5)17-11(20)8-23-15-19-18-14(24-15)16-7-9(2)3/h9-10,12H,6-8H2,1-5H3,(H,16,18)(H,17,20)/t10-,12+/m0/s1. The molecular formula is C15H26N4O3S2. The summed E-state index contributed by atoms with van der Waals surface area (Å²) in [5.74, 6) is 0.0793. The van der Waals surface area contributed by atoms with Gasteiger partial charge in [-0.05, 0) is 11.8 Å². The van der Waals surface area contributed by atoms with Crippen molar-refractivity contribution in [2.75, 3.05) is 24.7 Å². The van der Waals surface area contributed by atoms with Crippen LogP contribution in [0.3, 0.4) is 0 Å². The van der Waals surface area contributed by atoms with Crippen LogP contribution < -0.4 is 10.6 Å². The Hall–Kier alpha value is -1.35. The first kappa shape index (κ1) is 20.7. The quantitative estimate of drug-likeness (QED) is 0.480. The number of methoxy groups -OCH3 is 1. The van der Waals surface area contributed by atoms with E-state index in [1.54, 1.807) is 0 Å². The minimum absolute atomic E-state index is 0.0137. The van der Waals surface area contributed by atoms with Crippen LogP contribution in [0, 0.1) is 11.8 Å². The minimum atomic E-state index is -0.620. The van der Waals surface area contributed by atoms with Crippen molar-refractivity contribution in [2.24, 2.45) is 11.8 Å². The van der Waals surface area contributed by atoms with Gasteiger partial charge in [0.05, 0.1) is 12.9 Å². The zero-order chi connectivity index (χ0) is 18.1. The lowest BCUT2D eigenvalue weighted by molar-refractivity contribution is -0.146. The van der Waals surface area contributed by atoms with Crippen LogP contribution in [0.2, 0.25) is 0 Å². The Morgan fingerprint density at radius 2 is 2.00 bits per heavy atom. The summed E-state index contributed by atoms with van der Waals surface area (Å²) in [6.45, 7) is 8.93. The zero-order valence-electron chi connectivity index (χ0n) is 14.8. The maximum Gasteiger partial charge on any atom is 0.328 e. The van der Waals surface area contributed by atoms with Crippen molar-refractivity contribution in [1.29, 1.82) is 0 Å². The number of esters is 1. The van der Waals surface area contributed by atoms with Gasteiger partial charge in [-0.1, -0.05) is 57.2 Å². The van der Waals surface area contributed by atoms with Gasteiger partial charge in [-0.2, -0.15) is 0 Å². The van der Waals surface area contributed by atoms with E-state index in [4.69, 9.17) is 4.74 Å². The first-order valence-electron chi connectivity index (χ1n) is 7.94. The SMILES string of the molecule is CC[C@H](C)[C@@H](NC(=O)CSc1nnc(NCC(C)C)s1)C(=O)OC. The summed E-state index contributed by atoms with van der Waals surface area (Å²) in [4.78, 5) is 23.9. The van der Waals surface area contributed by atoms with E-state index in [9.17, 15) is 9.59 Å². The largest absolute Gasteiger partial charge is 0.467 e. The maximum atomic E-state index is 12.1. The number of hydrogen-bond donors (Lipinski definition) is 2. The summed E-state index contributed by atoms with van der Waals surface area (Å²) in [7, 11) is 1.32. The van der Waals surface area contributed by atoms with E-state index in [0.717, 1.165) is 22.4 Å². The van der Waals surface area contributed by atoms with Crippen molar-refractivity contribution in [3.8, 4) is 0 Å². The molecule has 24 heavy (non-hydrogen) atoms. The summed E-state index contributed by atoms with van der Waals surface area (Å²) in [5.41, 5.74) is 0. The van der Waals surface area contributed by atoms with Crippen LogP contribution >= 0.6 is 23.1 Å². The molecule has 0 aliphatic carbocycles. The van der Waals surface area contributed by atoms with Crippen LogP contribution in [0.1, 0.15) is 34.1 Å². The van der Waals surface area contributed by atoms with Gasteiger partial charge in [0.15, 0.2) is 4.34 Å². The molecule has 0 saturated heterocycles. The number of carbonyl (C=O) groups is 2. The van der Waals surface area contributed by atoms with Crippen molar-refractivity contribution < 1.29 is 14.3 Å². The van der Waals surface area contributed by atoms with Crippen LogP contribution in [-0.2, 0) is 14.3 Å². The van der Waals surface area contributed by atoms with E-state index in [1.807, 2.05) is 13.8 Å². The Bertz CT molecular complexity index is 537. The molecule has 1 aromatic rings. The molecule has 0 saturated carbocycles. The molecule has 2 N–H and O–H groups in total. The Balaban J connectivity index is 2.48. The number of carbonyl (C=O) groups excluding carboxylic acids is 2. The number of hydrogen-bond acceptors (Lipinski definition) is 8. The first-order valence-corrected chi connectivity index (χ1v) is 9.74. The molecule has 0 bridgehead atoms. The molecule has 136 valence electrons. The predicted octanol–water partition coefficient (Wildman–Crippen LogP) is 2.40. The highest BCUT2D eigenvalue weighted by Gasteiger charge is 2.26. The second kappa shape index (κ2) is 10.5. The molecule has 7 nitrogen and oxygen atoms in total. The van der Waals surface area contributed by atoms with Gasteiger partial charge in [-0.25, -0.2) is 4.79 Å². The Kier molecular flexibility index (Phi) is 9.05. The fraction of sp³-hybridized carbons (Fsp3) is 0.733. The monoisotopic (exact) mass is 374 g/mol. The highest BCUT2D eigenvalue weighted by Crippen LogP contribution is 2.25. The van der Waals surface area contributed by atoms with Crippen LogP contribution in [0.15, 0.2) is 4.34 Å². The molecule has 1 heterocycles. The van der Waals surface area contributed by atoms with Gasteiger partial charge < -0.3 is 15.4 Å². The minimum Gasteiger partial charge on any atom is -0.467 e. The number of ether oxygens (including phenoxy) is 1. The second-order valence-corrected chi connectivity index (χ2v) is 8.09. The molecular weight excluding hydrogens is 348 g/mol. The summed E-state index contributed by atoms with van der Waals surface area (Å²) in [6, 6.07) is -0.620. The normalized spacial score (nSPS) is 13.4. The van der Waals surface area contributed by atoms with Gasteiger partial charge in [0.25, 0.3) is 0 Å². The Morgan fingerprint density at radius 3 is 2.58 bits per heavy atom. The van der Waals surface area contributed by atoms with Crippen molar-refractivity contribution in [2.45, 2.75) is 44.5 Å². The number of anilines is 1. The average molecular weight is 375 g/mol. The van der Waals surface area contributed by atoms with Gasteiger partial charge in [0.2, 0.25) is 11.0 Å². The van der Waals surface area contributed by atoms with E-state index in [0.29, 0.717) is 5.92 Å². The third-order valence-electron chi connectivity index (χ3n) is 3.38. The molecule has 0 radical (unpaired) electrons. The van der Waals surface area contributed by atoms with E-state index in [2.05, 4.69) is 34.7 Å². The molecule has 0 spiro atoms. The molecule has 9 heteroatoms. The van der Waals surface area contributed by atoms with E-state index >= 15 is 0 Å². The zero-order valence-corrected chi connectivity index (χ0v) is 16.4. The van der Waals surface area contributed by atoms with Crippen molar-refractivity contribution in [3.63, 3.8) is 0 Å². The van der Waals surface area contributed by atoms with E-state index < -0.39 is 12.0 Å². The number of amides is 1. The van der Waals surface area contributed by atoms with Gasteiger partial charge >= 0.3 is 5.97 Å². The van der Waals surface area contributed by atoms with E-state index in [1.165, 1.54) is 30.2 Å². The molecule has 1 amide bonds. The summed E-state index contributed by atoms with van der Waals surface area (Å²) < 4.78 is 5.48. The highest BCUT2D eigenvalue weighted by atomic mass is 32.2. The Labute approximate surface area is 151 Å². The second-order valence-electron chi connectivity index (χ2n) is 5.89. The highest BCUT2D eigenvalue weighted by molar-refractivity contribution is 8.01. The summed E-state index contributed by atoms with van der Waals surface area (Å²) in [6.07, 6.45) is 0.772. The van der Waals surface area contributed by atoms with Crippen LogP contribution in [-0.4, -0.2) is 47.5 Å². The van der Waals surface area contributed by atoms with Crippen LogP contribution in [0.4, 0.5) is 5.13 Å². The van der Waals surface area contributed by atoms with Crippen molar-refractivity contribution >= 4 is 40.1 Å². The average Bonchev–Trinajstić information content (AvgIpc) is 3.02. The predicted molar refractivity (Wildman–Crippen MR) is 97.4 cm³/mol. The molecule has 1 rings (SSSR count). The fourth-order valence-corrected chi connectivity index (χ4v) is 3.34. The number of aromatic nitrogens is 2. The first-order chi connectivity index (χ1) is 11.4. The number of nitrogens with zero attached hydrogens (tertiary/aromatic N) is 2. The van der Waals surface area contributed by atoms with Crippen LogP contribution in [0.5, 0.6) is 0 Å². The van der Waals surface area contributed by atoms with Crippen LogP contribution in [0.25, 0.3) is 0 Å². The molecule has 1 aromatic heterocycles. The van der Waals surface area contributed by atoms with Gasteiger partial charge in [0.1, 0.15) is 6.04 Å². The third kappa shape index (κ3) is 7.04. The number of thioether (sulfide) groups is 1. The van der Waals surface area contributed by atoms with Gasteiger partial charge in [0, 0.05) is 6.54 Å². The molecule has 0 aromatic carbocycles. The summed E-state index contributed by atoms with van der Waals surface area (Å²) in [5, 5.41) is 14.8. The van der Waals surface area contributed by atoms with Gasteiger partial charge in [-0.15, -0.1) is 10.2 Å². The molecule has 0 unspecified atom stereocenters. The maximum absolute atomic E-state index is 12.1. The topological polar surface area (TPSA) is 93.2 Å². The fourth-order valence-electron chi connectivity index (χ4n) is 1.77. The lowest BCUT2D eigenvalue weighted by Gasteiger charge is -2.21. The van der Waals surface area contributed by atoms with E-state index in [-0.39, 0.29) is 17.6 Å². The molecule has 0 aliphatic rings. The molecule has 0 fully saturated rings. The summed E-state index contributed by atoms with van der Waals surface area (Å²) >= 11 is 2.72. The van der Waals surface area contributed by atoms with Gasteiger partial charge in [-0.3, -0.25) is 4.79 Å². The van der Waals surface area contributed by atoms with Crippen molar-refractivity contribution in [1.82, 2.24) is 15.5 Å². The van der Waals surface area contributed by atoms with Crippen molar-refractivity contribution in [3.05, 3.63) is 0 Å². The number of nitrogens with one attached hydrogen (secondary N) is 2. The smallest absolute Gasteiger partial charge is 0.328 e. The lowest BCUT2D eigenvalue weighted by Crippen LogP contribution is -2.46. The Morgan fingerprint density at radius 1 is 1.29 bits per heavy atom. The molecule has 0 aliphatic heterocycles. The molecule has 2 atom stereocenters. The number of rotatable bonds is 10. The lowest BCUT2D eigenvalue weighted by atomic mass is 9.99. The third-order valence-corrected chi connectivity index (χ3v) is 5.39.